The molecule has 3 fully saturated rings. The third-order valence-electron chi connectivity index (χ3n) is 5.99. The number of nitrogens with one attached hydrogen (secondary N) is 2. The van der Waals surface area contributed by atoms with E-state index in [4.69, 9.17) is 9.47 Å². The van der Waals surface area contributed by atoms with Crippen LogP contribution in [-0.2, 0) is 9.47 Å². The lowest BCUT2D eigenvalue weighted by Crippen LogP contribution is -2.67. The monoisotopic (exact) mass is 368 g/mol. The number of nitrogens with zero attached hydrogens (tertiary/aromatic N) is 2. The lowest BCUT2D eigenvalue weighted by Gasteiger charge is -2.53. The highest BCUT2D eigenvalue weighted by atomic mass is 16.6. The normalized spacial score (nSPS) is 32.5. The summed E-state index contributed by atoms with van der Waals surface area (Å²) in [6.45, 7) is 8.09. The molecule has 148 valence electrons. The fourth-order valence-electron chi connectivity index (χ4n) is 4.80. The van der Waals surface area contributed by atoms with E-state index in [0.717, 1.165) is 32.4 Å². The largest absolute Gasteiger partial charge is 0.453 e. The van der Waals surface area contributed by atoms with Gasteiger partial charge in [0.05, 0.1) is 31.3 Å². The van der Waals surface area contributed by atoms with Crippen molar-refractivity contribution in [1.82, 2.24) is 20.7 Å². The van der Waals surface area contributed by atoms with Crippen molar-refractivity contribution in [3.8, 4) is 0 Å². The zero-order valence-corrected chi connectivity index (χ0v) is 16.2. The summed E-state index contributed by atoms with van der Waals surface area (Å²) in [6.07, 6.45) is 2.12. The first-order valence-corrected chi connectivity index (χ1v) is 9.71. The summed E-state index contributed by atoms with van der Waals surface area (Å²) in [6, 6.07) is -0.116. The number of methoxy groups -OCH3 is 1. The number of hydrogen-bond acceptors (Lipinski definition) is 6. The van der Waals surface area contributed by atoms with Gasteiger partial charge in [0.1, 0.15) is 0 Å². The molecule has 0 aromatic rings. The van der Waals surface area contributed by atoms with Crippen LogP contribution in [0.15, 0.2) is 0 Å². The molecule has 8 heteroatoms. The fourth-order valence-corrected chi connectivity index (χ4v) is 4.80. The molecule has 0 radical (unpaired) electrons. The maximum Gasteiger partial charge on any atom is 0.410 e. The molecule has 0 bridgehead atoms. The van der Waals surface area contributed by atoms with Gasteiger partial charge >= 0.3 is 12.2 Å². The van der Waals surface area contributed by atoms with E-state index in [1.54, 1.807) is 0 Å². The minimum absolute atomic E-state index is 0.00974. The Kier molecular flexibility index (Phi) is 5.92. The average molecular weight is 368 g/mol. The zero-order valence-electron chi connectivity index (χ0n) is 16.2. The molecule has 3 aliphatic rings. The molecule has 1 aliphatic carbocycles. The SMILES string of the molecule is COC(=O)N1C(C)CN(C(=O)OC(C)C)C2CC(C3CNNC3)CCC21. The molecular formula is C18H32N4O4. The van der Waals surface area contributed by atoms with Gasteiger partial charge in [-0.05, 0) is 51.9 Å². The number of piperazine rings is 1. The summed E-state index contributed by atoms with van der Waals surface area (Å²) in [4.78, 5) is 28.8. The summed E-state index contributed by atoms with van der Waals surface area (Å²) in [5.74, 6) is 1.09. The second kappa shape index (κ2) is 8.00. The quantitative estimate of drug-likeness (QED) is 0.770. The van der Waals surface area contributed by atoms with Gasteiger partial charge in [-0.1, -0.05) is 0 Å². The first-order valence-electron chi connectivity index (χ1n) is 9.71. The van der Waals surface area contributed by atoms with Crippen LogP contribution in [0.25, 0.3) is 0 Å². The maximum absolute atomic E-state index is 12.7. The van der Waals surface area contributed by atoms with Gasteiger partial charge in [-0.3, -0.25) is 15.8 Å². The third-order valence-corrected chi connectivity index (χ3v) is 5.99. The van der Waals surface area contributed by atoms with Gasteiger partial charge in [-0.15, -0.1) is 0 Å². The minimum atomic E-state index is -0.299. The number of hydrogen-bond donors (Lipinski definition) is 2. The molecule has 3 rings (SSSR count). The Morgan fingerprint density at radius 3 is 2.35 bits per heavy atom. The lowest BCUT2D eigenvalue weighted by atomic mass is 9.74. The highest BCUT2D eigenvalue weighted by Gasteiger charge is 2.49. The Bertz CT molecular complexity index is 523. The van der Waals surface area contributed by atoms with Crippen LogP contribution in [0.2, 0.25) is 0 Å². The third kappa shape index (κ3) is 3.76. The molecule has 4 atom stereocenters. The molecule has 0 aromatic carbocycles. The Labute approximate surface area is 155 Å². The van der Waals surface area contributed by atoms with Crippen molar-refractivity contribution in [2.45, 2.75) is 64.3 Å². The van der Waals surface area contributed by atoms with Crippen LogP contribution in [0.5, 0.6) is 0 Å². The number of fused-ring (bicyclic) bond motifs is 1. The molecule has 2 saturated heterocycles. The van der Waals surface area contributed by atoms with Crippen LogP contribution in [0.4, 0.5) is 9.59 Å². The molecule has 2 N–H and O–H groups in total. The number of hydrazine groups is 1. The van der Waals surface area contributed by atoms with Crippen molar-refractivity contribution in [3.05, 3.63) is 0 Å². The molecule has 0 spiro atoms. The van der Waals surface area contributed by atoms with Crippen LogP contribution in [0.3, 0.4) is 0 Å². The number of amides is 2. The average Bonchev–Trinajstić information content (AvgIpc) is 3.14. The van der Waals surface area contributed by atoms with Crippen molar-refractivity contribution in [3.63, 3.8) is 0 Å². The number of ether oxygens (including phenoxy) is 2. The zero-order chi connectivity index (χ0) is 18.8. The van der Waals surface area contributed by atoms with E-state index in [9.17, 15) is 9.59 Å². The molecule has 26 heavy (non-hydrogen) atoms. The number of carbonyl (C=O) groups is 2. The summed E-state index contributed by atoms with van der Waals surface area (Å²) in [7, 11) is 1.42. The van der Waals surface area contributed by atoms with Gasteiger partial charge in [0.15, 0.2) is 0 Å². The predicted molar refractivity (Wildman–Crippen MR) is 96.4 cm³/mol. The fraction of sp³-hybridized carbons (Fsp3) is 0.889. The standard InChI is InChI=1S/C18H32N4O4/c1-11(2)26-17(23)21-10-12(3)22(18(24)25-4)15-6-5-13(7-16(15)21)14-8-19-20-9-14/h11-16,19-20H,5-10H2,1-4H3. The topological polar surface area (TPSA) is 83.1 Å². The molecule has 2 aliphatic heterocycles. The number of rotatable bonds is 2. The summed E-state index contributed by atoms with van der Waals surface area (Å²) in [5, 5.41) is 0. The van der Waals surface area contributed by atoms with E-state index in [1.165, 1.54) is 7.11 Å². The molecule has 1 saturated carbocycles. The van der Waals surface area contributed by atoms with E-state index < -0.39 is 0 Å². The van der Waals surface area contributed by atoms with Crippen molar-refractivity contribution in [2.24, 2.45) is 11.8 Å². The second-order valence-electron chi connectivity index (χ2n) is 8.04. The van der Waals surface area contributed by atoms with Crippen LogP contribution in [0.1, 0.15) is 40.0 Å². The van der Waals surface area contributed by atoms with Gasteiger partial charge < -0.3 is 14.4 Å². The van der Waals surface area contributed by atoms with Gasteiger partial charge in [0.2, 0.25) is 0 Å². The van der Waals surface area contributed by atoms with E-state index in [-0.39, 0.29) is 36.4 Å². The van der Waals surface area contributed by atoms with Gasteiger partial charge in [-0.25, -0.2) is 9.59 Å². The van der Waals surface area contributed by atoms with Crippen LogP contribution in [-0.4, -0.2) is 73.0 Å². The number of carbonyl (C=O) groups excluding carboxylic acids is 2. The molecule has 8 nitrogen and oxygen atoms in total. The Hall–Kier alpha value is -1.54. The maximum atomic E-state index is 12.7. The summed E-state index contributed by atoms with van der Waals surface area (Å²) < 4.78 is 10.5. The van der Waals surface area contributed by atoms with Crippen molar-refractivity contribution in [2.75, 3.05) is 26.7 Å². The smallest absolute Gasteiger partial charge is 0.410 e. The van der Waals surface area contributed by atoms with Crippen molar-refractivity contribution < 1.29 is 19.1 Å². The van der Waals surface area contributed by atoms with Gasteiger partial charge in [0, 0.05) is 19.6 Å². The first kappa shape index (κ1) is 19.2. The molecule has 4 unspecified atom stereocenters. The summed E-state index contributed by atoms with van der Waals surface area (Å²) in [5.41, 5.74) is 6.41. The van der Waals surface area contributed by atoms with E-state index in [2.05, 4.69) is 10.9 Å². The minimum Gasteiger partial charge on any atom is -0.453 e. The predicted octanol–water partition coefficient (Wildman–Crippen LogP) is 1.57. The highest BCUT2D eigenvalue weighted by molar-refractivity contribution is 5.71. The molecule has 2 heterocycles. The van der Waals surface area contributed by atoms with E-state index >= 15 is 0 Å². The summed E-state index contributed by atoms with van der Waals surface area (Å²) >= 11 is 0. The highest BCUT2D eigenvalue weighted by Crippen LogP contribution is 2.39. The Morgan fingerprint density at radius 2 is 1.73 bits per heavy atom. The van der Waals surface area contributed by atoms with E-state index in [1.807, 2.05) is 30.6 Å². The molecule has 2 amide bonds. The van der Waals surface area contributed by atoms with Crippen molar-refractivity contribution in [1.29, 1.82) is 0 Å². The first-order chi connectivity index (χ1) is 12.4. The van der Waals surface area contributed by atoms with Crippen molar-refractivity contribution >= 4 is 12.2 Å². The second-order valence-corrected chi connectivity index (χ2v) is 8.04. The Balaban J connectivity index is 1.81. The van der Waals surface area contributed by atoms with Crippen LogP contribution >= 0.6 is 0 Å². The van der Waals surface area contributed by atoms with Gasteiger partial charge in [0.25, 0.3) is 0 Å². The van der Waals surface area contributed by atoms with E-state index in [0.29, 0.717) is 18.4 Å². The van der Waals surface area contributed by atoms with Crippen LogP contribution in [0, 0.1) is 11.8 Å². The molecule has 0 aromatic heterocycles. The molecular weight excluding hydrogens is 336 g/mol. The lowest BCUT2D eigenvalue weighted by molar-refractivity contribution is -0.0440. The van der Waals surface area contributed by atoms with Crippen LogP contribution < -0.4 is 10.9 Å². The Morgan fingerprint density at radius 1 is 1.04 bits per heavy atom. The van der Waals surface area contributed by atoms with Gasteiger partial charge in [-0.2, -0.15) is 0 Å².